The molecule has 1 aliphatic rings. The van der Waals surface area contributed by atoms with E-state index in [0.29, 0.717) is 36.7 Å². The third-order valence-electron chi connectivity index (χ3n) is 4.75. The minimum atomic E-state index is -3.57. The van der Waals surface area contributed by atoms with Crippen LogP contribution in [0, 0.1) is 0 Å². The Hall–Kier alpha value is -2.58. The fraction of sp³-hybridized carbons (Fsp3) is 0.381. The highest BCUT2D eigenvalue weighted by molar-refractivity contribution is 7.89. The average Bonchev–Trinajstić information content (AvgIpc) is 2.77. The minimum Gasteiger partial charge on any atom is -0.497 e. The highest BCUT2D eigenvalue weighted by Gasteiger charge is 2.26. The van der Waals surface area contributed by atoms with Crippen LogP contribution in [0.5, 0.6) is 11.5 Å². The molecule has 156 valence electrons. The number of methoxy groups -OCH3 is 1. The summed E-state index contributed by atoms with van der Waals surface area (Å²) >= 11 is 0. The van der Waals surface area contributed by atoms with Crippen LogP contribution < -0.4 is 14.8 Å². The number of hydrogen-bond acceptors (Lipinski definition) is 5. The number of nitrogens with zero attached hydrogens (tertiary/aromatic N) is 1. The van der Waals surface area contributed by atoms with E-state index >= 15 is 0 Å². The predicted octanol–water partition coefficient (Wildman–Crippen LogP) is 2.68. The molecule has 0 aliphatic carbocycles. The van der Waals surface area contributed by atoms with E-state index in [1.54, 1.807) is 31.4 Å². The van der Waals surface area contributed by atoms with E-state index < -0.39 is 10.0 Å². The van der Waals surface area contributed by atoms with Crippen LogP contribution in [0.2, 0.25) is 0 Å². The van der Waals surface area contributed by atoms with Gasteiger partial charge in [0.25, 0.3) is 5.91 Å². The van der Waals surface area contributed by atoms with Crippen molar-refractivity contribution in [3.05, 3.63) is 54.1 Å². The van der Waals surface area contributed by atoms with Crippen molar-refractivity contribution in [2.75, 3.05) is 33.4 Å². The van der Waals surface area contributed by atoms with Crippen LogP contribution >= 0.6 is 0 Å². The van der Waals surface area contributed by atoms with Crippen LogP contribution in [-0.4, -0.2) is 52.0 Å². The van der Waals surface area contributed by atoms with Crippen molar-refractivity contribution in [2.45, 2.75) is 24.2 Å². The molecule has 7 nitrogen and oxygen atoms in total. The van der Waals surface area contributed by atoms with Gasteiger partial charge in [0.15, 0.2) is 0 Å². The lowest BCUT2D eigenvalue weighted by Gasteiger charge is -2.26. The number of rotatable bonds is 8. The highest BCUT2D eigenvalue weighted by Crippen LogP contribution is 2.21. The molecule has 1 N–H and O–H groups in total. The second kappa shape index (κ2) is 9.76. The summed E-state index contributed by atoms with van der Waals surface area (Å²) < 4.78 is 37.8. The van der Waals surface area contributed by atoms with Gasteiger partial charge in [-0.2, -0.15) is 4.31 Å². The Morgan fingerprint density at radius 2 is 1.76 bits per heavy atom. The molecule has 0 aromatic heterocycles. The van der Waals surface area contributed by atoms with Gasteiger partial charge in [-0.15, -0.1) is 0 Å². The van der Waals surface area contributed by atoms with Gasteiger partial charge >= 0.3 is 0 Å². The zero-order valence-corrected chi connectivity index (χ0v) is 17.3. The van der Waals surface area contributed by atoms with E-state index in [9.17, 15) is 13.2 Å². The number of hydrogen-bond donors (Lipinski definition) is 1. The predicted molar refractivity (Wildman–Crippen MR) is 110 cm³/mol. The van der Waals surface area contributed by atoms with Crippen molar-refractivity contribution in [3.8, 4) is 11.5 Å². The Bertz CT molecular complexity index is 940. The van der Waals surface area contributed by atoms with Crippen LogP contribution in [0.1, 0.15) is 29.6 Å². The molecule has 1 heterocycles. The van der Waals surface area contributed by atoms with Gasteiger partial charge < -0.3 is 14.8 Å². The lowest BCUT2D eigenvalue weighted by molar-refractivity contribution is 0.0946. The van der Waals surface area contributed by atoms with Gasteiger partial charge in [-0.25, -0.2) is 8.42 Å². The molecular formula is C21H26N2O5S. The van der Waals surface area contributed by atoms with Gasteiger partial charge in [-0.05, 0) is 43.2 Å². The quantitative estimate of drug-likeness (QED) is 0.667. The van der Waals surface area contributed by atoms with Crippen molar-refractivity contribution < 1.29 is 22.7 Å². The zero-order chi connectivity index (χ0) is 20.7. The molecule has 1 saturated heterocycles. The first-order chi connectivity index (χ1) is 14.0. The van der Waals surface area contributed by atoms with Crippen LogP contribution in [0.3, 0.4) is 0 Å². The lowest BCUT2D eigenvalue weighted by atomic mass is 10.2. The van der Waals surface area contributed by atoms with Crippen molar-refractivity contribution in [1.29, 1.82) is 0 Å². The van der Waals surface area contributed by atoms with Gasteiger partial charge in [-0.3, -0.25) is 4.79 Å². The van der Waals surface area contributed by atoms with E-state index in [1.165, 1.54) is 16.4 Å². The standard InChI is InChI=1S/C21H26N2O5S/c1-27-18-8-6-9-19(16-18)28-14-11-22-21(24)17-7-5-10-20(15-17)29(25,26)23-12-3-2-4-13-23/h5-10,15-16H,2-4,11-14H2,1H3,(H,22,24). The Morgan fingerprint density at radius 3 is 2.52 bits per heavy atom. The molecule has 0 spiro atoms. The number of benzene rings is 2. The molecule has 2 aromatic carbocycles. The maximum Gasteiger partial charge on any atom is 0.251 e. The molecule has 1 amide bonds. The van der Waals surface area contributed by atoms with E-state index in [0.717, 1.165) is 19.3 Å². The molecule has 3 rings (SSSR count). The summed E-state index contributed by atoms with van der Waals surface area (Å²) in [6, 6.07) is 13.4. The number of amides is 1. The Morgan fingerprint density at radius 1 is 1.03 bits per heavy atom. The summed E-state index contributed by atoms with van der Waals surface area (Å²) in [7, 11) is -1.99. The topological polar surface area (TPSA) is 84.9 Å². The second-order valence-corrected chi connectivity index (χ2v) is 8.71. The normalized spacial score (nSPS) is 14.9. The Labute approximate surface area is 171 Å². The monoisotopic (exact) mass is 418 g/mol. The van der Waals surface area contributed by atoms with Gasteiger partial charge in [-0.1, -0.05) is 18.6 Å². The molecule has 0 bridgehead atoms. The highest BCUT2D eigenvalue weighted by atomic mass is 32.2. The Kier molecular flexibility index (Phi) is 7.11. The molecule has 1 fully saturated rings. The van der Waals surface area contributed by atoms with Crippen LogP contribution in [-0.2, 0) is 10.0 Å². The fourth-order valence-corrected chi connectivity index (χ4v) is 4.74. The number of ether oxygens (including phenoxy) is 2. The number of carbonyl (C=O) groups excluding carboxylic acids is 1. The van der Waals surface area contributed by atoms with E-state index in [-0.39, 0.29) is 17.4 Å². The number of carbonyl (C=O) groups is 1. The molecule has 29 heavy (non-hydrogen) atoms. The maximum atomic E-state index is 12.8. The largest absolute Gasteiger partial charge is 0.497 e. The summed E-state index contributed by atoms with van der Waals surface area (Å²) in [4.78, 5) is 12.6. The third kappa shape index (κ3) is 5.48. The van der Waals surface area contributed by atoms with Gasteiger partial charge in [0.2, 0.25) is 10.0 Å². The lowest BCUT2D eigenvalue weighted by Crippen LogP contribution is -2.35. The summed E-state index contributed by atoms with van der Waals surface area (Å²) in [5, 5.41) is 2.75. The van der Waals surface area contributed by atoms with Crippen molar-refractivity contribution in [3.63, 3.8) is 0 Å². The Balaban J connectivity index is 1.56. The van der Waals surface area contributed by atoms with Crippen molar-refractivity contribution in [1.82, 2.24) is 9.62 Å². The first-order valence-corrected chi connectivity index (χ1v) is 11.1. The third-order valence-corrected chi connectivity index (χ3v) is 6.64. The molecular weight excluding hydrogens is 392 g/mol. The molecule has 0 atom stereocenters. The SMILES string of the molecule is COc1cccc(OCCNC(=O)c2cccc(S(=O)(=O)N3CCCCC3)c2)c1. The van der Waals surface area contributed by atoms with E-state index in [4.69, 9.17) is 9.47 Å². The van der Waals surface area contributed by atoms with E-state index in [1.807, 2.05) is 12.1 Å². The van der Waals surface area contributed by atoms with E-state index in [2.05, 4.69) is 5.32 Å². The minimum absolute atomic E-state index is 0.152. The smallest absolute Gasteiger partial charge is 0.251 e. The number of sulfonamides is 1. The van der Waals surface area contributed by atoms with Gasteiger partial charge in [0, 0.05) is 24.7 Å². The first kappa shape index (κ1) is 21.1. The van der Waals surface area contributed by atoms with Crippen LogP contribution in [0.4, 0.5) is 0 Å². The average molecular weight is 419 g/mol. The second-order valence-electron chi connectivity index (χ2n) is 6.78. The number of nitrogens with one attached hydrogen (secondary N) is 1. The summed E-state index contributed by atoms with van der Waals surface area (Å²) in [6.45, 7) is 1.63. The van der Waals surface area contributed by atoms with Gasteiger partial charge in [0.1, 0.15) is 18.1 Å². The fourth-order valence-electron chi connectivity index (χ4n) is 3.18. The summed E-state index contributed by atoms with van der Waals surface area (Å²) in [6.07, 6.45) is 2.78. The van der Waals surface area contributed by atoms with Crippen LogP contribution in [0.25, 0.3) is 0 Å². The maximum absolute atomic E-state index is 12.8. The molecule has 0 radical (unpaired) electrons. The molecule has 0 saturated carbocycles. The van der Waals surface area contributed by atoms with Gasteiger partial charge in [0.05, 0.1) is 18.6 Å². The molecule has 0 unspecified atom stereocenters. The van der Waals surface area contributed by atoms with Crippen molar-refractivity contribution >= 4 is 15.9 Å². The number of piperidine rings is 1. The zero-order valence-electron chi connectivity index (χ0n) is 16.5. The molecule has 1 aliphatic heterocycles. The summed E-state index contributed by atoms with van der Waals surface area (Å²) in [5.41, 5.74) is 0.310. The molecule has 2 aromatic rings. The molecule has 8 heteroatoms. The summed E-state index contributed by atoms with van der Waals surface area (Å²) in [5.74, 6) is 1.00. The van der Waals surface area contributed by atoms with Crippen molar-refractivity contribution in [2.24, 2.45) is 0 Å². The van der Waals surface area contributed by atoms with Crippen LogP contribution in [0.15, 0.2) is 53.4 Å². The first-order valence-electron chi connectivity index (χ1n) is 9.66.